The predicted molar refractivity (Wildman–Crippen MR) is 120 cm³/mol. The average Bonchev–Trinajstić information content (AvgIpc) is 2.92. The van der Waals surface area contributed by atoms with Crippen molar-refractivity contribution >= 4 is 15.7 Å². The number of rotatable bonds is 8. The van der Waals surface area contributed by atoms with Crippen LogP contribution in [-0.4, -0.2) is 51.3 Å². The highest BCUT2D eigenvalue weighted by molar-refractivity contribution is 7.92. The molecular weight excluding hydrogens is 382 g/mol. The van der Waals surface area contributed by atoms with Crippen molar-refractivity contribution in [3.05, 3.63) is 29.8 Å². The summed E-state index contributed by atoms with van der Waals surface area (Å²) in [5.74, 6) is 1.44. The molecule has 2 N–H and O–H groups in total. The van der Waals surface area contributed by atoms with Crippen LogP contribution < -0.4 is 10.0 Å². The number of sulfonamides is 1. The van der Waals surface area contributed by atoms with Crippen LogP contribution in [0.2, 0.25) is 0 Å². The molecule has 29 heavy (non-hydrogen) atoms. The molecule has 0 amide bonds. The summed E-state index contributed by atoms with van der Waals surface area (Å²) in [6.07, 6.45) is 13.3. The first kappa shape index (κ1) is 21.1. The van der Waals surface area contributed by atoms with E-state index >= 15 is 0 Å². The van der Waals surface area contributed by atoms with Crippen molar-refractivity contribution < 1.29 is 8.42 Å². The molecule has 2 heterocycles. The topological polar surface area (TPSA) is 61.4 Å². The molecule has 1 aromatic carbocycles. The third kappa shape index (κ3) is 5.74. The summed E-state index contributed by atoms with van der Waals surface area (Å²) in [5, 5.41) is 3.74. The van der Waals surface area contributed by atoms with Gasteiger partial charge in [-0.15, -0.1) is 0 Å². The molecule has 162 valence electrons. The molecule has 1 aliphatic carbocycles. The number of piperidine rings is 1. The van der Waals surface area contributed by atoms with Gasteiger partial charge < -0.3 is 5.32 Å². The van der Waals surface area contributed by atoms with E-state index < -0.39 is 10.0 Å². The van der Waals surface area contributed by atoms with Gasteiger partial charge >= 0.3 is 0 Å². The van der Waals surface area contributed by atoms with E-state index in [1.807, 2.05) is 18.2 Å². The Kier molecular flexibility index (Phi) is 6.82. The molecule has 2 bridgehead atoms. The van der Waals surface area contributed by atoms with Crippen LogP contribution >= 0.6 is 0 Å². The maximum absolute atomic E-state index is 11.5. The van der Waals surface area contributed by atoms with Gasteiger partial charge in [-0.1, -0.05) is 31.4 Å². The van der Waals surface area contributed by atoms with E-state index in [-0.39, 0.29) is 0 Å². The van der Waals surface area contributed by atoms with E-state index in [0.29, 0.717) is 23.7 Å². The van der Waals surface area contributed by atoms with Crippen LogP contribution in [0.5, 0.6) is 0 Å². The van der Waals surface area contributed by atoms with E-state index in [9.17, 15) is 8.42 Å². The maximum atomic E-state index is 11.5. The van der Waals surface area contributed by atoms with Gasteiger partial charge in [-0.2, -0.15) is 0 Å². The first-order chi connectivity index (χ1) is 14.0. The summed E-state index contributed by atoms with van der Waals surface area (Å²) in [4.78, 5) is 2.75. The summed E-state index contributed by atoms with van der Waals surface area (Å²) in [5.41, 5.74) is 1.97. The van der Waals surface area contributed by atoms with Crippen molar-refractivity contribution in [3.63, 3.8) is 0 Å². The van der Waals surface area contributed by atoms with Crippen LogP contribution in [0.15, 0.2) is 24.3 Å². The summed E-state index contributed by atoms with van der Waals surface area (Å²) in [7, 11) is -3.23. The highest BCUT2D eigenvalue weighted by atomic mass is 32.2. The molecule has 4 rings (SSSR count). The molecule has 5 nitrogen and oxygen atoms in total. The lowest BCUT2D eigenvalue weighted by Crippen LogP contribution is -2.45. The molecule has 1 aromatic rings. The monoisotopic (exact) mass is 419 g/mol. The predicted octanol–water partition coefficient (Wildman–Crippen LogP) is 3.94. The zero-order valence-electron chi connectivity index (χ0n) is 17.8. The zero-order valence-corrected chi connectivity index (χ0v) is 18.6. The van der Waals surface area contributed by atoms with Crippen LogP contribution in [0.1, 0.15) is 69.3 Å². The van der Waals surface area contributed by atoms with Gasteiger partial charge in [0, 0.05) is 30.9 Å². The lowest BCUT2D eigenvalue weighted by atomic mass is 9.85. The average molecular weight is 420 g/mol. The minimum Gasteiger partial charge on any atom is -0.315 e. The molecule has 2 unspecified atom stereocenters. The Morgan fingerprint density at radius 2 is 1.76 bits per heavy atom. The molecule has 3 aliphatic rings. The summed E-state index contributed by atoms with van der Waals surface area (Å²) < 4.78 is 25.7. The Labute approximate surface area is 176 Å². The Bertz CT molecular complexity index is 762. The van der Waals surface area contributed by atoms with Gasteiger partial charge in [-0.05, 0) is 74.6 Å². The van der Waals surface area contributed by atoms with Crippen molar-refractivity contribution in [1.82, 2.24) is 10.2 Å². The summed E-state index contributed by atoms with van der Waals surface area (Å²) in [6, 6.07) is 9.38. The van der Waals surface area contributed by atoms with Crippen LogP contribution in [0.25, 0.3) is 0 Å². The normalized spacial score (nSPS) is 28.5. The summed E-state index contributed by atoms with van der Waals surface area (Å²) >= 11 is 0. The molecular formula is C23H37N3O2S. The second-order valence-corrected chi connectivity index (χ2v) is 11.2. The molecule has 0 spiro atoms. The zero-order chi connectivity index (χ0) is 20.3. The quantitative estimate of drug-likeness (QED) is 0.627. The third-order valence-electron chi connectivity index (χ3n) is 7.25. The Balaban J connectivity index is 1.28. The number of nitrogens with one attached hydrogen (secondary N) is 2. The van der Waals surface area contributed by atoms with Crippen LogP contribution in [-0.2, 0) is 10.0 Å². The van der Waals surface area contributed by atoms with E-state index in [4.69, 9.17) is 0 Å². The van der Waals surface area contributed by atoms with Gasteiger partial charge in [-0.25, -0.2) is 8.42 Å². The van der Waals surface area contributed by atoms with Crippen molar-refractivity contribution in [2.45, 2.75) is 75.8 Å². The van der Waals surface area contributed by atoms with Crippen molar-refractivity contribution in [1.29, 1.82) is 0 Å². The first-order valence-electron chi connectivity index (χ1n) is 11.5. The van der Waals surface area contributed by atoms with Crippen molar-refractivity contribution in [2.75, 3.05) is 30.6 Å². The number of hydrogen-bond acceptors (Lipinski definition) is 4. The Morgan fingerprint density at radius 3 is 2.45 bits per heavy atom. The van der Waals surface area contributed by atoms with E-state index in [1.165, 1.54) is 82.7 Å². The van der Waals surface area contributed by atoms with Crippen LogP contribution in [0.4, 0.5) is 5.69 Å². The van der Waals surface area contributed by atoms with E-state index in [0.717, 1.165) is 12.5 Å². The van der Waals surface area contributed by atoms with Gasteiger partial charge in [0.25, 0.3) is 0 Å². The van der Waals surface area contributed by atoms with Crippen molar-refractivity contribution in [2.24, 2.45) is 5.92 Å². The maximum Gasteiger partial charge on any atom is 0.229 e. The lowest BCUT2D eigenvalue weighted by Gasteiger charge is -2.39. The largest absolute Gasteiger partial charge is 0.315 e. The first-order valence-corrected chi connectivity index (χ1v) is 13.4. The molecule has 2 saturated heterocycles. The molecule has 2 atom stereocenters. The van der Waals surface area contributed by atoms with Gasteiger partial charge in [-0.3, -0.25) is 9.62 Å². The third-order valence-corrected chi connectivity index (χ3v) is 7.86. The van der Waals surface area contributed by atoms with Gasteiger partial charge in [0.1, 0.15) is 0 Å². The summed E-state index contributed by atoms with van der Waals surface area (Å²) in [6.45, 7) is 3.48. The van der Waals surface area contributed by atoms with E-state index in [1.54, 1.807) is 0 Å². The fraction of sp³-hybridized carbons (Fsp3) is 0.739. The smallest absolute Gasteiger partial charge is 0.229 e. The SMILES string of the molecule is CS(=O)(=O)Nc1cccc(C2CC3CCC(C2)N3CCNCC2CCCCC2)c1. The molecule has 3 fully saturated rings. The number of anilines is 1. The Hall–Kier alpha value is -1.11. The molecule has 0 radical (unpaired) electrons. The van der Waals surface area contributed by atoms with E-state index in [2.05, 4.69) is 21.0 Å². The minimum atomic E-state index is -3.23. The standard InChI is InChI=1S/C23H37N3O2S/c1-29(27,28)25-21-9-5-8-19(14-21)20-15-22-10-11-23(16-20)26(22)13-12-24-17-18-6-3-2-4-7-18/h5,8-9,14,18,20,22-25H,2-4,6-7,10-13,15-17H2,1H3. The minimum absolute atomic E-state index is 0.542. The fourth-order valence-corrected chi connectivity index (χ4v) is 6.44. The molecule has 0 aromatic heterocycles. The van der Waals surface area contributed by atoms with Crippen LogP contribution in [0, 0.1) is 5.92 Å². The highest BCUT2D eigenvalue weighted by Crippen LogP contribution is 2.43. The van der Waals surface area contributed by atoms with Crippen molar-refractivity contribution in [3.8, 4) is 0 Å². The number of nitrogens with zero attached hydrogens (tertiary/aromatic N) is 1. The second kappa shape index (κ2) is 9.36. The van der Waals surface area contributed by atoms with Gasteiger partial charge in [0.2, 0.25) is 10.0 Å². The number of benzene rings is 1. The Morgan fingerprint density at radius 1 is 1.03 bits per heavy atom. The van der Waals surface area contributed by atoms with Gasteiger partial charge in [0.05, 0.1) is 6.26 Å². The number of fused-ring (bicyclic) bond motifs is 2. The van der Waals surface area contributed by atoms with Gasteiger partial charge in [0.15, 0.2) is 0 Å². The fourth-order valence-electron chi connectivity index (χ4n) is 5.89. The second-order valence-electron chi connectivity index (χ2n) is 9.50. The molecule has 6 heteroatoms. The lowest BCUT2D eigenvalue weighted by molar-refractivity contribution is 0.127. The molecule has 1 saturated carbocycles. The number of hydrogen-bond donors (Lipinski definition) is 2. The molecule has 2 aliphatic heterocycles. The van der Waals surface area contributed by atoms with Crippen LogP contribution in [0.3, 0.4) is 0 Å². The highest BCUT2D eigenvalue weighted by Gasteiger charge is 2.40.